The Kier molecular flexibility index (Phi) is 14.4. The molecule has 92 valence electrons. The van der Waals surface area contributed by atoms with Crippen LogP contribution in [0.2, 0.25) is 0 Å². The first-order valence-electron chi connectivity index (χ1n) is 3.94. The number of cyclic esters (lactones) is 1. The molecule has 0 aliphatic carbocycles. The zero-order valence-electron chi connectivity index (χ0n) is 10.7. The zero-order valence-corrected chi connectivity index (χ0v) is 17.6. The van der Waals surface area contributed by atoms with Crippen molar-refractivity contribution in [3.8, 4) is 0 Å². The third-order valence-corrected chi connectivity index (χ3v) is 2.09. The molecule has 9 nitrogen and oxygen atoms in total. The van der Waals surface area contributed by atoms with Crippen LogP contribution in [0.4, 0.5) is 0 Å². The summed E-state index contributed by atoms with van der Waals surface area (Å²) in [5, 5.41) is 26.9. The summed E-state index contributed by atoms with van der Waals surface area (Å²) in [5.41, 5.74) is 0. The van der Waals surface area contributed by atoms with Gasteiger partial charge in [-0.25, -0.2) is 9.36 Å². The van der Waals surface area contributed by atoms with E-state index in [4.69, 9.17) is 20.0 Å². The number of ether oxygens (including phenoxy) is 1. The van der Waals surface area contributed by atoms with Gasteiger partial charge in [-0.3, -0.25) is 9.79 Å². The fourth-order valence-electron chi connectivity index (χ4n) is 1.02. The normalized spacial score (nSPS) is 19.6. The minimum absolute atomic E-state index is 0. The van der Waals surface area contributed by atoms with Crippen LogP contribution in [-0.2, 0) is 18.6 Å². The van der Waals surface area contributed by atoms with Crippen LogP contribution in [0.1, 0.15) is 0 Å². The summed E-state index contributed by atoms with van der Waals surface area (Å²) < 4.78 is 18.7. The van der Waals surface area contributed by atoms with Gasteiger partial charge in [0.1, 0.15) is 6.10 Å². The minimum atomic E-state index is -5.02. The molecule has 0 bridgehead atoms. The molecule has 0 spiro atoms. The van der Waals surface area contributed by atoms with Crippen molar-refractivity contribution in [2.75, 3.05) is 6.61 Å². The molecular weight excluding hydrogens is 316 g/mol. The number of hydrogen-bond donors (Lipinski definition) is 5. The first-order valence-corrected chi connectivity index (χ1v) is 5.47. The fraction of sp³-hybridized carbons (Fsp3) is 0.500. The molecule has 0 saturated carbocycles. The predicted molar refractivity (Wildman–Crippen MR) is 45.8 cm³/mol. The second kappa shape index (κ2) is 10.6. The average Bonchev–Trinajstić information content (AvgIpc) is 2.42. The first-order chi connectivity index (χ1) is 7.26. The summed E-state index contributed by atoms with van der Waals surface area (Å²) in [7, 11) is -5.02. The maximum absolute atomic E-state index is 11.0. The Labute approximate surface area is 174 Å². The quantitative estimate of drug-likeness (QED) is 0.192. The van der Waals surface area contributed by atoms with E-state index in [0.717, 1.165) is 0 Å². The maximum Gasteiger partial charge on any atom is 1.00 e. The average molecular weight is 325 g/mol. The van der Waals surface area contributed by atoms with Crippen LogP contribution in [0.25, 0.3) is 0 Å². The van der Waals surface area contributed by atoms with E-state index in [0.29, 0.717) is 0 Å². The van der Waals surface area contributed by atoms with Crippen LogP contribution in [0.3, 0.4) is 0 Å². The monoisotopic (exact) mass is 325 g/mol. The summed E-state index contributed by atoms with van der Waals surface area (Å²) in [6, 6.07) is 0. The van der Waals surface area contributed by atoms with E-state index >= 15 is 0 Å². The fourth-order valence-corrected chi connectivity index (χ4v) is 1.42. The number of carbonyl (C=O) groups excluding carboxylic acids is 1. The number of hydrogen-bond acceptors (Lipinski definition) is 7. The molecule has 0 aromatic carbocycles. The summed E-state index contributed by atoms with van der Waals surface area (Å²) in [5.74, 6) is -3.39. The number of esters is 1. The van der Waals surface area contributed by atoms with Gasteiger partial charge in [0.2, 0.25) is 0 Å². The standard InChI is InChI=1S/C6H9O9P.3Na/c7-1-2(8)4-3(9)5(6(10)14-4)15-16(11,12)13;;;/h2,4,7-9H,1H2,(H2,11,12,13);;;/q;3*+1/t2-,4+;;;/m0.../s1. The van der Waals surface area contributed by atoms with Crippen molar-refractivity contribution in [3.05, 3.63) is 11.5 Å². The summed E-state index contributed by atoms with van der Waals surface area (Å²) in [6.07, 6.45) is -3.21. The molecule has 0 radical (unpaired) electrons. The molecule has 0 fully saturated rings. The topological polar surface area (TPSA) is 154 Å². The molecule has 0 saturated heterocycles. The van der Waals surface area contributed by atoms with Crippen molar-refractivity contribution in [1.82, 2.24) is 0 Å². The molecule has 2 atom stereocenters. The van der Waals surface area contributed by atoms with Gasteiger partial charge in [-0.05, 0) is 0 Å². The van der Waals surface area contributed by atoms with Gasteiger partial charge in [-0.2, -0.15) is 0 Å². The van der Waals surface area contributed by atoms with E-state index in [1.54, 1.807) is 0 Å². The minimum Gasteiger partial charge on any atom is -0.505 e. The van der Waals surface area contributed by atoms with Gasteiger partial charge in [-0.15, -0.1) is 0 Å². The van der Waals surface area contributed by atoms with Crippen LogP contribution >= 0.6 is 7.82 Å². The van der Waals surface area contributed by atoms with Gasteiger partial charge in [0.15, 0.2) is 11.9 Å². The SMILES string of the molecule is O=C1O[C@H]([C@@H](O)CO)C(O)=C1OP(=O)(O)O.[Na+].[Na+].[Na+]. The molecular formula is C6H9Na3O9P+3. The van der Waals surface area contributed by atoms with E-state index in [9.17, 15) is 14.5 Å². The molecule has 0 aromatic heterocycles. The number of carbonyl (C=O) groups is 1. The molecule has 1 aliphatic rings. The summed E-state index contributed by atoms with van der Waals surface area (Å²) in [4.78, 5) is 27.8. The molecule has 1 aliphatic heterocycles. The molecule has 19 heavy (non-hydrogen) atoms. The smallest absolute Gasteiger partial charge is 0.505 e. The number of phosphoric ester groups is 1. The second-order valence-corrected chi connectivity index (χ2v) is 4.04. The molecule has 1 heterocycles. The third kappa shape index (κ3) is 7.62. The molecule has 0 amide bonds. The Balaban J connectivity index is -0.000000853. The second-order valence-electron chi connectivity index (χ2n) is 2.87. The number of rotatable bonds is 4. The Morgan fingerprint density at radius 3 is 2.16 bits per heavy atom. The first kappa shape index (κ1) is 25.8. The number of aliphatic hydroxyl groups is 3. The van der Waals surface area contributed by atoms with Crippen LogP contribution in [0, 0.1) is 0 Å². The maximum atomic E-state index is 11.0. The van der Waals surface area contributed by atoms with Crippen molar-refractivity contribution in [2.45, 2.75) is 12.2 Å². The van der Waals surface area contributed by atoms with Gasteiger partial charge >= 0.3 is 102 Å². The summed E-state index contributed by atoms with van der Waals surface area (Å²) in [6.45, 7) is -0.814. The molecule has 13 heteroatoms. The number of aliphatic hydroxyl groups excluding tert-OH is 3. The van der Waals surface area contributed by atoms with Crippen LogP contribution in [0.15, 0.2) is 11.5 Å². The van der Waals surface area contributed by atoms with Gasteiger partial charge in [0.25, 0.3) is 5.76 Å². The van der Waals surface area contributed by atoms with Gasteiger partial charge in [0, 0.05) is 0 Å². The Morgan fingerprint density at radius 1 is 1.32 bits per heavy atom. The van der Waals surface area contributed by atoms with E-state index in [2.05, 4.69) is 9.26 Å². The van der Waals surface area contributed by atoms with E-state index in [-0.39, 0.29) is 88.7 Å². The van der Waals surface area contributed by atoms with Crippen LogP contribution in [0.5, 0.6) is 0 Å². The van der Waals surface area contributed by atoms with Crippen molar-refractivity contribution in [2.24, 2.45) is 0 Å². The van der Waals surface area contributed by atoms with Crippen LogP contribution in [-0.4, -0.2) is 49.9 Å². The molecule has 0 unspecified atom stereocenters. The third-order valence-electron chi connectivity index (χ3n) is 1.67. The summed E-state index contributed by atoms with van der Waals surface area (Å²) >= 11 is 0. The molecule has 0 aromatic rings. The predicted octanol–water partition coefficient (Wildman–Crippen LogP) is -10.8. The largest absolute Gasteiger partial charge is 1.00 e. The number of phosphoric acid groups is 1. The van der Waals surface area contributed by atoms with Gasteiger partial charge in [-0.1, -0.05) is 0 Å². The Hall–Kier alpha value is 1.88. The van der Waals surface area contributed by atoms with Crippen molar-refractivity contribution in [3.63, 3.8) is 0 Å². The van der Waals surface area contributed by atoms with E-state index in [1.807, 2.05) is 0 Å². The zero-order chi connectivity index (χ0) is 12.5. The molecule has 5 N–H and O–H groups in total. The Morgan fingerprint density at radius 2 is 1.79 bits per heavy atom. The van der Waals surface area contributed by atoms with E-state index in [1.165, 1.54) is 0 Å². The van der Waals surface area contributed by atoms with E-state index < -0.39 is 44.1 Å². The van der Waals surface area contributed by atoms with Crippen molar-refractivity contribution >= 4 is 13.8 Å². The Bertz CT molecular complexity index is 380. The van der Waals surface area contributed by atoms with Crippen molar-refractivity contribution in [1.29, 1.82) is 0 Å². The van der Waals surface area contributed by atoms with Crippen molar-refractivity contribution < 1.29 is 132 Å². The van der Waals surface area contributed by atoms with Gasteiger partial charge in [0.05, 0.1) is 6.61 Å². The molecule has 1 rings (SSSR count). The van der Waals surface area contributed by atoms with Gasteiger partial charge < -0.3 is 24.6 Å². The van der Waals surface area contributed by atoms with Crippen LogP contribution < -0.4 is 88.7 Å².